The molecule has 1 aromatic heterocycles. The predicted molar refractivity (Wildman–Crippen MR) is 102 cm³/mol. The summed E-state index contributed by atoms with van der Waals surface area (Å²) in [5, 5.41) is 3.96. The van der Waals surface area contributed by atoms with Crippen molar-refractivity contribution >= 4 is 16.8 Å². The Kier molecular flexibility index (Phi) is 6.41. The third-order valence-electron chi connectivity index (χ3n) is 4.75. The fraction of sp³-hybridized carbons (Fsp3) is 0.500. The lowest BCUT2D eigenvalue weighted by Crippen LogP contribution is -2.37. The number of pyridine rings is 1. The molecular weight excluding hydrogens is 330 g/mol. The van der Waals surface area contributed by atoms with E-state index in [-0.39, 0.29) is 5.91 Å². The molecule has 26 heavy (non-hydrogen) atoms. The highest BCUT2D eigenvalue weighted by molar-refractivity contribution is 5.98. The second kappa shape index (κ2) is 8.96. The number of carbonyl (C=O) groups is 1. The molecule has 1 aromatic carbocycles. The molecule has 0 bridgehead atoms. The molecule has 0 spiro atoms. The summed E-state index contributed by atoms with van der Waals surface area (Å²) in [6, 6.07) is 7.60. The largest absolute Gasteiger partial charge is 0.497 e. The van der Waals surface area contributed by atoms with Gasteiger partial charge < -0.3 is 14.8 Å². The number of nitrogens with one attached hydrogen (secondary N) is 1. The van der Waals surface area contributed by atoms with Crippen molar-refractivity contribution in [1.29, 1.82) is 0 Å². The van der Waals surface area contributed by atoms with Crippen molar-refractivity contribution in [2.24, 2.45) is 0 Å². The molecule has 1 aliphatic rings. The van der Waals surface area contributed by atoms with Crippen LogP contribution in [0.2, 0.25) is 0 Å². The van der Waals surface area contributed by atoms with Crippen molar-refractivity contribution in [1.82, 2.24) is 15.2 Å². The van der Waals surface area contributed by atoms with Gasteiger partial charge >= 0.3 is 0 Å². The van der Waals surface area contributed by atoms with Crippen LogP contribution in [0.15, 0.2) is 24.3 Å². The molecule has 1 fully saturated rings. The van der Waals surface area contributed by atoms with E-state index in [1.807, 2.05) is 31.2 Å². The van der Waals surface area contributed by atoms with Gasteiger partial charge in [-0.1, -0.05) is 0 Å². The van der Waals surface area contributed by atoms with Gasteiger partial charge in [0.05, 0.1) is 37.1 Å². The number of hydrogen-bond donors (Lipinski definition) is 1. The van der Waals surface area contributed by atoms with Gasteiger partial charge in [0.15, 0.2) is 0 Å². The summed E-state index contributed by atoms with van der Waals surface area (Å²) >= 11 is 0. The van der Waals surface area contributed by atoms with Gasteiger partial charge in [0.25, 0.3) is 5.91 Å². The van der Waals surface area contributed by atoms with E-state index in [2.05, 4.69) is 15.2 Å². The summed E-state index contributed by atoms with van der Waals surface area (Å²) in [5.74, 6) is 0.709. The van der Waals surface area contributed by atoms with Crippen LogP contribution >= 0.6 is 0 Å². The minimum atomic E-state index is -0.0564. The van der Waals surface area contributed by atoms with Crippen molar-refractivity contribution in [3.63, 3.8) is 0 Å². The van der Waals surface area contributed by atoms with E-state index < -0.39 is 0 Å². The average molecular weight is 357 g/mol. The quantitative estimate of drug-likeness (QED) is 0.771. The lowest BCUT2D eigenvalue weighted by molar-refractivity contribution is 0.0372. The third kappa shape index (κ3) is 4.71. The number of aryl methyl sites for hydroxylation is 1. The predicted octanol–water partition coefficient (Wildman–Crippen LogP) is 2.39. The third-order valence-corrected chi connectivity index (χ3v) is 4.75. The summed E-state index contributed by atoms with van der Waals surface area (Å²) in [6.07, 6.45) is 2.05. The van der Waals surface area contributed by atoms with E-state index in [9.17, 15) is 4.79 Å². The van der Waals surface area contributed by atoms with Crippen LogP contribution in [-0.2, 0) is 4.74 Å². The number of carbonyl (C=O) groups excluding carboxylic acids is 1. The molecule has 0 radical (unpaired) electrons. The standard InChI is InChI=1S/C20H27N3O3/c1-15-18(13-16-5-6-17(25-2)14-19(16)22-15)20(24)21-7-3-4-8-23-9-11-26-12-10-23/h5-6,13-14H,3-4,7-12H2,1-2H3,(H,21,24). The van der Waals surface area contributed by atoms with Crippen LogP contribution in [0.25, 0.3) is 10.9 Å². The molecule has 2 aromatic rings. The van der Waals surface area contributed by atoms with E-state index in [1.165, 1.54) is 0 Å². The second-order valence-electron chi connectivity index (χ2n) is 6.60. The van der Waals surface area contributed by atoms with E-state index in [0.717, 1.165) is 68.0 Å². The molecule has 6 heteroatoms. The summed E-state index contributed by atoms with van der Waals surface area (Å²) in [5.41, 5.74) is 2.20. The van der Waals surface area contributed by atoms with Gasteiger partial charge in [-0.25, -0.2) is 0 Å². The van der Waals surface area contributed by atoms with Crippen LogP contribution in [-0.4, -0.2) is 62.3 Å². The number of amides is 1. The zero-order valence-electron chi connectivity index (χ0n) is 15.6. The lowest BCUT2D eigenvalue weighted by atomic mass is 10.1. The molecule has 140 valence electrons. The maximum absolute atomic E-state index is 12.5. The Bertz CT molecular complexity index is 757. The zero-order valence-corrected chi connectivity index (χ0v) is 15.6. The maximum Gasteiger partial charge on any atom is 0.253 e. The highest BCUT2D eigenvalue weighted by atomic mass is 16.5. The molecule has 0 unspecified atom stereocenters. The number of nitrogens with zero attached hydrogens (tertiary/aromatic N) is 2. The Morgan fingerprint density at radius 3 is 2.85 bits per heavy atom. The highest BCUT2D eigenvalue weighted by Gasteiger charge is 2.12. The van der Waals surface area contributed by atoms with Crippen LogP contribution in [0.4, 0.5) is 0 Å². The molecule has 3 rings (SSSR count). The van der Waals surface area contributed by atoms with E-state index in [0.29, 0.717) is 12.1 Å². The van der Waals surface area contributed by atoms with Crippen LogP contribution in [0.1, 0.15) is 28.9 Å². The first-order chi connectivity index (χ1) is 12.7. The van der Waals surface area contributed by atoms with Crippen LogP contribution < -0.4 is 10.1 Å². The highest BCUT2D eigenvalue weighted by Crippen LogP contribution is 2.21. The lowest BCUT2D eigenvalue weighted by Gasteiger charge is -2.26. The molecule has 1 amide bonds. The van der Waals surface area contributed by atoms with E-state index in [4.69, 9.17) is 9.47 Å². The van der Waals surface area contributed by atoms with Crippen molar-refractivity contribution in [2.75, 3.05) is 46.5 Å². The van der Waals surface area contributed by atoms with Gasteiger partial charge in [0, 0.05) is 31.1 Å². The van der Waals surface area contributed by atoms with Gasteiger partial charge in [-0.3, -0.25) is 14.7 Å². The number of rotatable bonds is 7. The van der Waals surface area contributed by atoms with Gasteiger partial charge in [-0.05, 0) is 44.5 Å². The summed E-state index contributed by atoms with van der Waals surface area (Å²) < 4.78 is 10.6. The van der Waals surface area contributed by atoms with Crippen molar-refractivity contribution in [2.45, 2.75) is 19.8 Å². The first kappa shape index (κ1) is 18.6. The minimum Gasteiger partial charge on any atom is -0.497 e. The molecule has 2 heterocycles. The normalized spacial score (nSPS) is 15.2. The van der Waals surface area contributed by atoms with Crippen molar-refractivity contribution < 1.29 is 14.3 Å². The number of aromatic nitrogens is 1. The monoisotopic (exact) mass is 357 g/mol. The van der Waals surface area contributed by atoms with Gasteiger partial charge in [-0.15, -0.1) is 0 Å². The molecule has 0 aliphatic carbocycles. The van der Waals surface area contributed by atoms with E-state index in [1.54, 1.807) is 7.11 Å². The summed E-state index contributed by atoms with van der Waals surface area (Å²) in [7, 11) is 1.63. The SMILES string of the molecule is COc1ccc2cc(C(=O)NCCCCN3CCOCC3)c(C)nc2c1. The number of hydrogen-bond acceptors (Lipinski definition) is 5. The smallest absolute Gasteiger partial charge is 0.253 e. The van der Waals surface area contributed by atoms with Gasteiger partial charge in [0.1, 0.15) is 5.75 Å². The Morgan fingerprint density at radius 2 is 2.08 bits per heavy atom. The molecule has 0 atom stereocenters. The fourth-order valence-corrected chi connectivity index (χ4v) is 3.18. The molecule has 0 saturated carbocycles. The van der Waals surface area contributed by atoms with Crippen molar-refractivity contribution in [3.8, 4) is 5.75 Å². The number of fused-ring (bicyclic) bond motifs is 1. The Hall–Kier alpha value is -2.18. The van der Waals surface area contributed by atoms with Crippen LogP contribution in [0.5, 0.6) is 5.75 Å². The number of benzene rings is 1. The number of unbranched alkanes of at least 4 members (excludes halogenated alkanes) is 1. The summed E-state index contributed by atoms with van der Waals surface area (Å²) in [6.45, 7) is 7.30. The van der Waals surface area contributed by atoms with Gasteiger partial charge in [-0.2, -0.15) is 0 Å². The molecular formula is C20H27N3O3. The summed E-state index contributed by atoms with van der Waals surface area (Å²) in [4.78, 5) is 19.5. The van der Waals surface area contributed by atoms with Crippen LogP contribution in [0, 0.1) is 6.92 Å². The zero-order chi connectivity index (χ0) is 18.4. The minimum absolute atomic E-state index is 0.0564. The van der Waals surface area contributed by atoms with E-state index >= 15 is 0 Å². The topological polar surface area (TPSA) is 63.7 Å². The fourth-order valence-electron chi connectivity index (χ4n) is 3.18. The molecule has 1 N–H and O–H groups in total. The first-order valence-electron chi connectivity index (χ1n) is 9.21. The van der Waals surface area contributed by atoms with Crippen LogP contribution in [0.3, 0.4) is 0 Å². The number of morpholine rings is 1. The molecule has 6 nitrogen and oxygen atoms in total. The average Bonchev–Trinajstić information content (AvgIpc) is 2.67. The Balaban J connectivity index is 1.51. The Morgan fingerprint density at radius 1 is 1.27 bits per heavy atom. The number of methoxy groups -OCH3 is 1. The maximum atomic E-state index is 12.5. The van der Waals surface area contributed by atoms with Crippen molar-refractivity contribution in [3.05, 3.63) is 35.5 Å². The first-order valence-corrected chi connectivity index (χ1v) is 9.21. The van der Waals surface area contributed by atoms with Gasteiger partial charge in [0.2, 0.25) is 0 Å². The molecule has 1 aliphatic heterocycles. The Labute approximate surface area is 154 Å². The molecule has 1 saturated heterocycles. The number of ether oxygens (including phenoxy) is 2. The second-order valence-corrected chi connectivity index (χ2v) is 6.60.